The molecule has 30 heavy (non-hydrogen) atoms. The number of rotatable bonds is 6. The van der Waals surface area contributed by atoms with Crippen molar-refractivity contribution in [1.82, 2.24) is 19.3 Å². The molecule has 4 heterocycles. The van der Waals surface area contributed by atoms with Gasteiger partial charge < -0.3 is 10.2 Å². The monoisotopic (exact) mass is 430 g/mol. The molecule has 2 saturated heterocycles. The lowest BCUT2D eigenvalue weighted by atomic mass is 10.1. The Kier molecular flexibility index (Phi) is 6.48. The van der Waals surface area contributed by atoms with Crippen LogP contribution in [-0.4, -0.2) is 59.9 Å². The molecule has 0 spiro atoms. The Morgan fingerprint density at radius 3 is 2.63 bits per heavy atom. The van der Waals surface area contributed by atoms with Gasteiger partial charge in [-0.1, -0.05) is 13.3 Å². The van der Waals surface area contributed by atoms with Crippen molar-refractivity contribution < 1.29 is 8.42 Å². The van der Waals surface area contributed by atoms with E-state index in [1.807, 2.05) is 0 Å². The van der Waals surface area contributed by atoms with E-state index < -0.39 is 10.0 Å². The number of piperidine rings is 2. The number of nitrogens with zero attached hydrogens (tertiary/aromatic N) is 5. The Morgan fingerprint density at radius 1 is 1.07 bits per heavy atom. The fourth-order valence-corrected chi connectivity index (χ4v) is 5.60. The third kappa shape index (κ3) is 4.73. The predicted molar refractivity (Wildman–Crippen MR) is 117 cm³/mol. The van der Waals surface area contributed by atoms with E-state index >= 15 is 0 Å². The van der Waals surface area contributed by atoms with Gasteiger partial charge in [-0.05, 0) is 44.2 Å². The Labute approximate surface area is 178 Å². The molecule has 162 valence electrons. The number of nitrogens with one attached hydrogen (secondary N) is 1. The van der Waals surface area contributed by atoms with Crippen LogP contribution in [-0.2, 0) is 16.4 Å². The molecule has 2 aromatic heterocycles. The summed E-state index contributed by atoms with van der Waals surface area (Å²) in [6.45, 7) is 5.09. The standard InChI is InChI=1S/C21H30N6O2S/c1-2-17-13-21(24-16-23-17)26-10-6-7-18(15-26)25-20-9-8-19(14-22-20)30(28,29)27-11-4-3-5-12-27/h8-9,13-14,16,18H,2-7,10-12,15H2,1H3,(H,22,25). The van der Waals surface area contributed by atoms with Gasteiger partial charge in [0.1, 0.15) is 22.9 Å². The van der Waals surface area contributed by atoms with Gasteiger partial charge in [0.05, 0.1) is 0 Å². The molecule has 1 unspecified atom stereocenters. The van der Waals surface area contributed by atoms with Crippen LogP contribution >= 0.6 is 0 Å². The lowest BCUT2D eigenvalue weighted by Gasteiger charge is -2.34. The molecular weight excluding hydrogens is 400 g/mol. The van der Waals surface area contributed by atoms with Crippen molar-refractivity contribution in [1.29, 1.82) is 0 Å². The molecule has 0 aliphatic carbocycles. The second kappa shape index (κ2) is 9.26. The zero-order chi connectivity index (χ0) is 21.0. The first-order chi connectivity index (χ1) is 14.6. The molecule has 9 heteroatoms. The summed E-state index contributed by atoms with van der Waals surface area (Å²) in [5.74, 6) is 1.67. The van der Waals surface area contributed by atoms with Crippen LogP contribution in [0.2, 0.25) is 0 Å². The smallest absolute Gasteiger partial charge is 0.244 e. The zero-order valence-corrected chi connectivity index (χ0v) is 18.3. The van der Waals surface area contributed by atoms with Crippen molar-refractivity contribution in [2.45, 2.75) is 56.4 Å². The molecule has 0 radical (unpaired) electrons. The van der Waals surface area contributed by atoms with Crippen molar-refractivity contribution in [2.75, 3.05) is 36.4 Å². The number of aryl methyl sites for hydroxylation is 1. The van der Waals surface area contributed by atoms with E-state index in [1.54, 1.807) is 22.8 Å². The summed E-state index contributed by atoms with van der Waals surface area (Å²) < 4.78 is 27.2. The van der Waals surface area contributed by atoms with Gasteiger partial charge in [-0.15, -0.1) is 0 Å². The maximum Gasteiger partial charge on any atom is 0.244 e. The molecule has 1 N–H and O–H groups in total. The Hall–Kier alpha value is -2.26. The average Bonchev–Trinajstić information content (AvgIpc) is 2.80. The van der Waals surface area contributed by atoms with Crippen molar-refractivity contribution in [2.24, 2.45) is 0 Å². The van der Waals surface area contributed by atoms with E-state index in [0.29, 0.717) is 18.9 Å². The Balaban J connectivity index is 1.40. The van der Waals surface area contributed by atoms with E-state index in [-0.39, 0.29) is 10.9 Å². The Bertz CT molecular complexity index is 944. The molecule has 2 fully saturated rings. The number of aromatic nitrogens is 3. The molecule has 2 aliphatic heterocycles. The van der Waals surface area contributed by atoms with E-state index in [0.717, 1.165) is 63.1 Å². The summed E-state index contributed by atoms with van der Waals surface area (Å²) in [5.41, 5.74) is 1.04. The number of sulfonamides is 1. The van der Waals surface area contributed by atoms with Gasteiger partial charge in [-0.3, -0.25) is 0 Å². The normalized spacial score (nSPS) is 20.8. The minimum atomic E-state index is -3.44. The molecule has 0 bridgehead atoms. The predicted octanol–water partition coefficient (Wildman–Crippen LogP) is 2.69. The zero-order valence-electron chi connectivity index (χ0n) is 17.5. The van der Waals surface area contributed by atoms with Gasteiger partial charge in [0.2, 0.25) is 10.0 Å². The van der Waals surface area contributed by atoms with Crippen LogP contribution < -0.4 is 10.2 Å². The highest BCUT2D eigenvalue weighted by Crippen LogP contribution is 2.23. The van der Waals surface area contributed by atoms with Gasteiger partial charge in [-0.25, -0.2) is 23.4 Å². The second-order valence-electron chi connectivity index (χ2n) is 7.99. The molecular formula is C21H30N6O2S. The molecule has 8 nitrogen and oxygen atoms in total. The van der Waals surface area contributed by atoms with Crippen LogP contribution in [0.1, 0.15) is 44.7 Å². The lowest BCUT2D eigenvalue weighted by Crippen LogP contribution is -2.42. The molecule has 0 saturated carbocycles. The van der Waals surface area contributed by atoms with Crippen LogP contribution in [0.5, 0.6) is 0 Å². The molecule has 1 atom stereocenters. The first kappa shape index (κ1) is 21.0. The van der Waals surface area contributed by atoms with E-state index in [2.05, 4.69) is 38.2 Å². The summed E-state index contributed by atoms with van der Waals surface area (Å²) >= 11 is 0. The fraction of sp³-hybridized carbons (Fsp3) is 0.571. The summed E-state index contributed by atoms with van der Waals surface area (Å²) in [7, 11) is -3.44. The summed E-state index contributed by atoms with van der Waals surface area (Å²) in [5, 5.41) is 3.46. The van der Waals surface area contributed by atoms with Gasteiger partial charge in [0, 0.05) is 50.2 Å². The highest BCUT2D eigenvalue weighted by Gasteiger charge is 2.26. The molecule has 2 aromatic rings. The minimum absolute atomic E-state index is 0.232. The summed E-state index contributed by atoms with van der Waals surface area (Å²) in [6.07, 6.45) is 9.05. The van der Waals surface area contributed by atoms with Gasteiger partial charge in [-0.2, -0.15) is 4.31 Å². The van der Waals surface area contributed by atoms with Crippen LogP contribution in [0, 0.1) is 0 Å². The van der Waals surface area contributed by atoms with Crippen molar-refractivity contribution >= 4 is 21.7 Å². The van der Waals surface area contributed by atoms with Gasteiger partial charge >= 0.3 is 0 Å². The Morgan fingerprint density at radius 2 is 1.90 bits per heavy atom. The van der Waals surface area contributed by atoms with Crippen LogP contribution in [0.3, 0.4) is 0 Å². The quantitative estimate of drug-likeness (QED) is 0.753. The first-order valence-corrected chi connectivity index (χ1v) is 12.3. The van der Waals surface area contributed by atoms with Crippen LogP contribution in [0.4, 0.5) is 11.6 Å². The third-order valence-electron chi connectivity index (χ3n) is 5.86. The second-order valence-corrected chi connectivity index (χ2v) is 9.93. The van der Waals surface area contributed by atoms with Crippen molar-refractivity contribution in [3.05, 3.63) is 36.4 Å². The van der Waals surface area contributed by atoms with E-state index in [9.17, 15) is 8.42 Å². The first-order valence-electron chi connectivity index (χ1n) is 10.8. The maximum atomic E-state index is 12.8. The van der Waals surface area contributed by atoms with Crippen molar-refractivity contribution in [3.8, 4) is 0 Å². The minimum Gasteiger partial charge on any atom is -0.366 e. The number of pyridine rings is 1. The van der Waals surface area contributed by atoms with Crippen LogP contribution in [0.25, 0.3) is 0 Å². The number of anilines is 2. The largest absolute Gasteiger partial charge is 0.366 e. The average molecular weight is 431 g/mol. The summed E-state index contributed by atoms with van der Waals surface area (Å²) in [4.78, 5) is 15.7. The van der Waals surface area contributed by atoms with Crippen LogP contribution in [0.15, 0.2) is 35.6 Å². The SMILES string of the molecule is CCc1cc(N2CCCC(Nc3ccc(S(=O)(=O)N4CCCCC4)cn3)C2)ncn1. The number of hydrogen-bond acceptors (Lipinski definition) is 7. The number of hydrogen-bond donors (Lipinski definition) is 1. The molecule has 0 aromatic carbocycles. The van der Waals surface area contributed by atoms with Gasteiger partial charge in [0.15, 0.2) is 0 Å². The lowest BCUT2D eigenvalue weighted by molar-refractivity contribution is 0.346. The fourth-order valence-electron chi connectivity index (χ4n) is 4.14. The third-order valence-corrected chi connectivity index (χ3v) is 7.74. The highest BCUT2D eigenvalue weighted by atomic mass is 32.2. The van der Waals surface area contributed by atoms with Crippen molar-refractivity contribution in [3.63, 3.8) is 0 Å². The van der Waals surface area contributed by atoms with E-state index in [4.69, 9.17) is 0 Å². The molecule has 2 aliphatic rings. The van der Waals surface area contributed by atoms with E-state index in [1.165, 1.54) is 6.20 Å². The highest BCUT2D eigenvalue weighted by molar-refractivity contribution is 7.89. The maximum absolute atomic E-state index is 12.8. The van der Waals surface area contributed by atoms with Gasteiger partial charge in [0.25, 0.3) is 0 Å². The molecule has 4 rings (SSSR count). The molecule has 0 amide bonds. The topological polar surface area (TPSA) is 91.3 Å². The summed E-state index contributed by atoms with van der Waals surface area (Å²) in [6, 6.07) is 5.73.